The lowest BCUT2D eigenvalue weighted by Gasteiger charge is -2.64. The van der Waals surface area contributed by atoms with E-state index in [2.05, 4.69) is 19.9 Å². The molecule has 11 nitrogen and oxygen atoms in total. The molecule has 0 amide bonds. The van der Waals surface area contributed by atoms with Gasteiger partial charge in [-0.1, -0.05) is 52.3 Å². The predicted molar refractivity (Wildman–Crippen MR) is 187 cm³/mol. The highest BCUT2D eigenvalue weighted by Crippen LogP contribution is 2.74. The molecule has 286 valence electrons. The number of hydrogen-bond donors (Lipinski definition) is 3. The van der Waals surface area contributed by atoms with Crippen molar-refractivity contribution in [2.45, 2.75) is 163 Å². The van der Waals surface area contributed by atoms with Crippen LogP contribution in [0.4, 0.5) is 0 Å². The maximum Gasteiger partial charge on any atom is 0.303 e. The van der Waals surface area contributed by atoms with Crippen molar-refractivity contribution in [2.24, 2.45) is 39.4 Å². The monoisotopic (exact) mass is 716 g/mol. The topological polar surface area (TPSA) is 166 Å². The Kier molecular flexibility index (Phi) is 10.2. The molecule has 3 N–H and O–H groups in total. The average Bonchev–Trinajstić information content (AvgIpc) is 3.21. The Hall–Kier alpha value is -2.44. The Morgan fingerprint density at radius 2 is 1.59 bits per heavy atom. The first kappa shape index (κ1) is 39.8. The van der Waals surface area contributed by atoms with Gasteiger partial charge in [-0.25, -0.2) is 0 Å². The molecule has 0 bridgehead atoms. The summed E-state index contributed by atoms with van der Waals surface area (Å²) in [6.45, 7) is 19.1. The molecule has 5 rings (SSSR count). The van der Waals surface area contributed by atoms with Crippen LogP contribution in [0, 0.1) is 39.4 Å². The van der Waals surface area contributed by atoms with Gasteiger partial charge in [-0.15, -0.1) is 0 Å². The first-order valence-corrected chi connectivity index (χ1v) is 18.6. The summed E-state index contributed by atoms with van der Waals surface area (Å²) in [5.74, 6) is -2.95. The quantitative estimate of drug-likeness (QED) is 0.180. The molecule has 0 aromatic heterocycles. The third kappa shape index (κ3) is 6.57. The molecular weight excluding hydrogens is 656 g/mol. The van der Waals surface area contributed by atoms with Crippen LogP contribution in [-0.2, 0) is 38.1 Å². The summed E-state index contributed by atoms with van der Waals surface area (Å²) in [5, 5.41) is 33.8. The Balaban J connectivity index is 1.63. The number of esters is 2. The van der Waals surface area contributed by atoms with Gasteiger partial charge in [0.25, 0.3) is 0 Å². The summed E-state index contributed by atoms with van der Waals surface area (Å²) >= 11 is 0. The van der Waals surface area contributed by atoms with Gasteiger partial charge in [0.2, 0.25) is 0 Å². The summed E-state index contributed by atoms with van der Waals surface area (Å²) in [7, 11) is 0. The highest BCUT2D eigenvalue weighted by atomic mass is 16.7. The van der Waals surface area contributed by atoms with Crippen molar-refractivity contribution in [3.8, 4) is 0 Å². The molecule has 1 saturated heterocycles. The number of hydrogen-bond acceptors (Lipinski definition) is 11. The number of allylic oxidation sites excluding steroid dienone is 1. The van der Waals surface area contributed by atoms with Crippen molar-refractivity contribution in [3.05, 3.63) is 23.8 Å². The van der Waals surface area contributed by atoms with Crippen molar-refractivity contribution in [1.82, 2.24) is 0 Å². The molecule has 0 aromatic carbocycles. The van der Waals surface area contributed by atoms with Gasteiger partial charge in [-0.2, -0.15) is 0 Å². The zero-order chi connectivity index (χ0) is 38.3. The summed E-state index contributed by atoms with van der Waals surface area (Å²) in [6.07, 6.45) is 2.25. The third-order valence-corrected chi connectivity index (χ3v) is 13.8. The number of fused-ring (bicyclic) bond motifs is 5. The second kappa shape index (κ2) is 13.1. The minimum absolute atomic E-state index is 0.0615. The Morgan fingerprint density at radius 3 is 2.18 bits per heavy atom. The van der Waals surface area contributed by atoms with E-state index in [-0.39, 0.29) is 30.5 Å². The Bertz CT molecular complexity index is 1490. The van der Waals surface area contributed by atoms with E-state index in [1.165, 1.54) is 46.8 Å². The van der Waals surface area contributed by atoms with Gasteiger partial charge >= 0.3 is 11.9 Å². The van der Waals surface area contributed by atoms with Crippen LogP contribution in [0.1, 0.15) is 115 Å². The van der Waals surface area contributed by atoms with Crippen molar-refractivity contribution < 1.29 is 53.4 Å². The van der Waals surface area contributed by atoms with Crippen molar-refractivity contribution in [1.29, 1.82) is 0 Å². The van der Waals surface area contributed by atoms with E-state index in [1.807, 2.05) is 20.8 Å². The molecule has 0 unspecified atom stereocenters. The number of ketones is 2. The van der Waals surface area contributed by atoms with Gasteiger partial charge in [-0.3, -0.25) is 19.2 Å². The van der Waals surface area contributed by atoms with Crippen LogP contribution in [0.5, 0.6) is 0 Å². The predicted octanol–water partition coefficient (Wildman–Crippen LogP) is 4.77. The normalized spacial score (nSPS) is 43.3. The number of Topliss-reactive ketones (excluding diaryl/α,β-unsaturated/α-hetero) is 1. The standard InChI is InChI=1S/C40H60O11/c1-21-18-26(49-22(2)41)32(50-23(3)42)34(48-21)51-27-19-37(8)28-14-12-24-25(13-15-29(43)36(24,6)7)39(28,10)31(45)20-38(37,9)33(27)40(11,47)30(44)16-17-35(4,5)46/h12,16-17,21,25-29,32-34,43,46-47H,13-15,18-20H2,1-11H3/t21-,25+,26-,27+,28-,29+,32-,33-,34-,37-,38+,39-,40-/m0/s1. The molecule has 0 aromatic rings. The van der Waals surface area contributed by atoms with E-state index in [0.29, 0.717) is 25.7 Å². The molecule has 1 aliphatic heterocycles. The number of aliphatic hydroxyl groups is 3. The van der Waals surface area contributed by atoms with E-state index < -0.39 is 93.3 Å². The zero-order valence-corrected chi connectivity index (χ0v) is 32.3. The van der Waals surface area contributed by atoms with Crippen LogP contribution in [0.2, 0.25) is 0 Å². The van der Waals surface area contributed by atoms with Gasteiger partial charge in [0.15, 0.2) is 18.2 Å². The minimum Gasteiger partial charge on any atom is -0.458 e. The summed E-state index contributed by atoms with van der Waals surface area (Å²) < 4.78 is 24.4. The number of carbonyl (C=O) groups is 4. The number of rotatable bonds is 8. The van der Waals surface area contributed by atoms with E-state index in [4.69, 9.17) is 18.9 Å². The Labute approximate surface area is 302 Å². The molecule has 11 heteroatoms. The van der Waals surface area contributed by atoms with Crippen molar-refractivity contribution >= 4 is 23.5 Å². The number of carbonyl (C=O) groups excluding carboxylic acids is 4. The largest absolute Gasteiger partial charge is 0.458 e. The number of aliphatic hydroxyl groups excluding tert-OH is 1. The van der Waals surface area contributed by atoms with E-state index >= 15 is 0 Å². The molecule has 0 spiro atoms. The molecular formula is C40H60O11. The van der Waals surface area contributed by atoms with Crippen LogP contribution in [0.25, 0.3) is 0 Å². The second-order valence-corrected chi connectivity index (χ2v) is 18.2. The average molecular weight is 717 g/mol. The minimum atomic E-state index is -2.06. The fraction of sp³-hybridized carbons (Fsp3) is 0.800. The number of ether oxygens (including phenoxy) is 4. The lowest BCUT2D eigenvalue weighted by atomic mass is 9.38. The first-order valence-electron chi connectivity index (χ1n) is 18.6. The first-order chi connectivity index (χ1) is 23.3. The summed E-state index contributed by atoms with van der Waals surface area (Å²) in [6, 6.07) is 0. The van der Waals surface area contributed by atoms with E-state index in [0.717, 1.165) is 5.57 Å². The van der Waals surface area contributed by atoms with Crippen molar-refractivity contribution in [3.63, 3.8) is 0 Å². The molecule has 4 aliphatic carbocycles. The van der Waals surface area contributed by atoms with E-state index in [1.54, 1.807) is 6.92 Å². The van der Waals surface area contributed by atoms with Crippen molar-refractivity contribution in [2.75, 3.05) is 0 Å². The van der Waals surface area contributed by atoms with Gasteiger partial charge in [0.1, 0.15) is 17.5 Å². The molecule has 0 radical (unpaired) electrons. The van der Waals surface area contributed by atoms with Crippen LogP contribution in [0.3, 0.4) is 0 Å². The van der Waals surface area contributed by atoms with Gasteiger partial charge in [0, 0.05) is 43.4 Å². The zero-order valence-electron chi connectivity index (χ0n) is 32.3. The fourth-order valence-corrected chi connectivity index (χ4v) is 11.1. The second-order valence-electron chi connectivity index (χ2n) is 18.2. The maximum absolute atomic E-state index is 14.9. The van der Waals surface area contributed by atoms with E-state index in [9.17, 15) is 34.5 Å². The highest BCUT2D eigenvalue weighted by molar-refractivity contribution is 5.97. The molecule has 51 heavy (non-hydrogen) atoms. The van der Waals surface area contributed by atoms with Crippen LogP contribution < -0.4 is 0 Å². The Morgan fingerprint density at radius 1 is 0.961 bits per heavy atom. The lowest BCUT2D eigenvalue weighted by Crippen LogP contribution is -2.65. The molecule has 3 saturated carbocycles. The summed E-state index contributed by atoms with van der Waals surface area (Å²) in [4.78, 5) is 53.4. The van der Waals surface area contributed by atoms with Crippen LogP contribution in [-0.4, -0.2) is 86.8 Å². The van der Waals surface area contributed by atoms with Gasteiger partial charge < -0.3 is 34.3 Å². The van der Waals surface area contributed by atoms with Gasteiger partial charge in [-0.05, 0) is 82.1 Å². The SMILES string of the molecule is CC(=O)O[C@@H]1[C@H](O[C@@H]2C[C@@]3(C)[C@@H]4CC=C5[C@@H](CC[C@@H](O)C5(C)C)[C@]4(C)C(=O)C[C@]3(C)[C@H]2[C@@](C)(O)C(=O)C=CC(C)(C)O)O[C@@H](C)C[C@@H]1OC(C)=O. The maximum atomic E-state index is 14.9. The molecule has 1 heterocycles. The van der Waals surface area contributed by atoms with Gasteiger partial charge in [0.05, 0.1) is 23.9 Å². The third-order valence-electron chi connectivity index (χ3n) is 13.8. The molecule has 5 aliphatic rings. The van der Waals surface area contributed by atoms with Crippen LogP contribution >= 0.6 is 0 Å². The van der Waals surface area contributed by atoms with Crippen LogP contribution in [0.15, 0.2) is 23.8 Å². The molecule has 4 fully saturated rings. The molecule has 13 atom stereocenters. The fourth-order valence-electron chi connectivity index (χ4n) is 11.1. The lowest BCUT2D eigenvalue weighted by molar-refractivity contribution is -0.292. The summed E-state index contributed by atoms with van der Waals surface area (Å²) in [5.41, 5.74) is -5.11. The highest BCUT2D eigenvalue weighted by Gasteiger charge is 2.75. The smallest absolute Gasteiger partial charge is 0.303 e.